The number of nitrogens with one attached hydrogen (secondary N) is 2. The number of para-hydroxylation sites is 1. The van der Waals surface area contributed by atoms with Crippen LogP contribution in [0.1, 0.15) is 30.8 Å². The number of hydrogen-bond donors (Lipinski definition) is 2. The molecule has 27 heavy (non-hydrogen) atoms. The average Bonchev–Trinajstić information content (AvgIpc) is 2.66. The zero-order valence-corrected chi connectivity index (χ0v) is 15.1. The lowest BCUT2D eigenvalue weighted by Gasteiger charge is -2.15. The first kappa shape index (κ1) is 18.6. The predicted molar refractivity (Wildman–Crippen MR) is 100 cm³/mol. The Balaban J connectivity index is 1.62. The van der Waals surface area contributed by atoms with Crippen LogP contribution in [0.25, 0.3) is 10.9 Å². The van der Waals surface area contributed by atoms with Gasteiger partial charge in [-0.05, 0) is 36.8 Å². The van der Waals surface area contributed by atoms with Crippen molar-refractivity contribution in [3.8, 4) is 5.75 Å². The highest BCUT2D eigenvalue weighted by atomic mass is 19.1. The Labute approximate surface area is 155 Å². The first-order valence-electron chi connectivity index (χ1n) is 8.58. The molecule has 3 aromatic rings. The van der Waals surface area contributed by atoms with E-state index in [2.05, 4.69) is 15.3 Å². The minimum Gasteiger partial charge on any atom is -0.494 e. The number of ether oxygens (including phenoxy) is 1. The third-order valence-corrected chi connectivity index (χ3v) is 4.30. The summed E-state index contributed by atoms with van der Waals surface area (Å²) in [4.78, 5) is 31.3. The summed E-state index contributed by atoms with van der Waals surface area (Å²) in [6.07, 6.45) is 0.458. The summed E-state index contributed by atoms with van der Waals surface area (Å²) in [6.45, 7) is 1.77. The minimum atomic E-state index is -0.478. The number of methoxy groups -OCH3 is 1. The van der Waals surface area contributed by atoms with Crippen LogP contribution in [0.4, 0.5) is 4.39 Å². The van der Waals surface area contributed by atoms with Gasteiger partial charge >= 0.3 is 0 Å². The number of nitrogens with zero attached hydrogens (tertiary/aromatic N) is 1. The zero-order chi connectivity index (χ0) is 19.4. The summed E-state index contributed by atoms with van der Waals surface area (Å²) in [5.41, 5.74) is 1.01. The SMILES string of the molecule is COc1ccc([C@H](C)NC(=O)CCc2nc3ccccc3c(=O)[nH]2)cc1F. The summed E-state index contributed by atoms with van der Waals surface area (Å²) in [7, 11) is 1.40. The van der Waals surface area contributed by atoms with E-state index in [1.165, 1.54) is 19.2 Å². The van der Waals surface area contributed by atoms with Crippen LogP contribution in [0.5, 0.6) is 5.75 Å². The number of benzene rings is 2. The van der Waals surface area contributed by atoms with Gasteiger partial charge in [0.25, 0.3) is 5.56 Å². The van der Waals surface area contributed by atoms with Crippen LogP contribution in [-0.2, 0) is 11.2 Å². The van der Waals surface area contributed by atoms with Gasteiger partial charge in [0.05, 0.1) is 24.1 Å². The Hall–Kier alpha value is -3.22. The highest BCUT2D eigenvalue weighted by Crippen LogP contribution is 2.21. The molecule has 1 heterocycles. The molecule has 2 N–H and O–H groups in total. The normalized spacial score (nSPS) is 12.0. The zero-order valence-electron chi connectivity index (χ0n) is 15.1. The van der Waals surface area contributed by atoms with Crippen LogP contribution in [0, 0.1) is 5.82 Å². The highest BCUT2D eigenvalue weighted by molar-refractivity contribution is 5.78. The van der Waals surface area contributed by atoms with Gasteiger partial charge in [-0.1, -0.05) is 18.2 Å². The van der Waals surface area contributed by atoms with Crippen LogP contribution in [0.3, 0.4) is 0 Å². The maximum atomic E-state index is 13.8. The molecule has 0 aliphatic heterocycles. The molecule has 0 bridgehead atoms. The van der Waals surface area contributed by atoms with Crippen LogP contribution in [-0.4, -0.2) is 23.0 Å². The van der Waals surface area contributed by atoms with Gasteiger partial charge in [-0.25, -0.2) is 9.37 Å². The fraction of sp³-hybridized carbons (Fsp3) is 0.250. The Morgan fingerprint density at radius 1 is 1.30 bits per heavy atom. The van der Waals surface area contributed by atoms with Crippen LogP contribution < -0.4 is 15.6 Å². The molecule has 0 spiro atoms. The van der Waals surface area contributed by atoms with Crippen molar-refractivity contribution in [2.24, 2.45) is 0 Å². The first-order chi connectivity index (χ1) is 13.0. The Morgan fingerprint density at radius 3 is 2.81 bits per heavy atom. The molecule has 1 aromatic heterocycles. The fourth-order valence-electron chi connectivity index (χ4n) is 2.83. The van der Waals surface area contributed by atoms with Gasteiger partial charge in [0.15, 0.2) is 11.6 Å². The molecule has 0 aliphatic rings. The number of carbonyl (C=O) groups is 1. The van der Waals surface area contributed by atoms with Crippen molar-refractivity contribution in [3.63, 3.8) is 0 Å². The average molecular weight is 369 g/mol. The molecule has 0 unspecified atom stereocenters. The number of halogens is 1. The molecule has 0 saturated heterocycles. The topological polar surface area (TPSA) is 84.1 Å². The highest BCUT2D eigenvalue weighted by Gasteiger charge is 2.13. The maximum absolute atomic E-state index is 13.8. The van der Waals surface area contributed by atoms with E-state index in [0.717, 1.165) is 0 Å². The lowest BCUT2D eigenvalue weighted by atomic mass is 10.1. The van der Waals surface area contributed by atoms with Crippen molar-refractivity contribution >= 4 is 16.8 Å². The van der Waals surface area contributed by atoms with Crippen LogP contribution in [0.2, 0.25) is 0 Å². The smallest absolute Gasteiger partial charge is 0.258 e. The lowest BCUT2D eigenvalue weighted by molar-refractivity contribution is -0.121. The van der Waals surface area contributed by atoms with Crippen molar-refractivity contribution in [2.45, 2.75) is 25.8 Å². The van der Waals surface area contributed by atoms with E-state index < -0.39 is 5.82 Å². The second kappa shape index (κ2) is 7.99. The Kier molecular flexibility index (Phi) is 5.49. The number of aromatic nitrogens is 2. The summed E-state index contributed by atoms with van der Waals surface area (Å²) in [5.74, 6) is -0.0795. The Bertz CT molecular complexity index is 1030. The molecule has 0 fully saturated rings. The molecule has 0 saturated carbocycles. The number of rotatable bonds is 6. The molecular formula is C20H20FN3O3. The molecule has 0 aliphatic carbocycles. The van der Waals surface area contributed by atoms with E-state index in [0.29, 0.717) is 28.7 Å². The van der Waals surface area contributed by atoms with Crippen molar-refractivity contribution in [2.75, 3.05) is 7.11 Å². The molecule has 2 aromatic carbocycles. The molecule has 0 radical (unpaired) electrons. The molecular weight excluding hydrogens is 349 g/mol. The standard InChI is InChI=1S/C20H20FN3O3/c1-12(13-7-8-17(27-2)15(21)11-13)22-19(25)10-9-18-23-16-6-4-3-5-14(16)20(26)24-18/h3-8,11-12H,9-10H2,1-2H3,(H,22,25)(H,23,24,26)/t12-/m0/s1. The van der Waals surface area contributed by atoms with Crippen LogP contribution >= 0.6 is 0 Å². The third kappa shape index (κ3) is 4.31. The van der Waals surface area contributed by atoms with E-state index >= 15 is 0 Å². The molecule has 140 valence electrons. The number of fused-ring (bicyclic) bond motifs is 1. The van der Waals surface area contributed by atoms with Crippen molar-refractivity contribution in [1.82, 2.24) is 15.3 Å². The molecule has 6 nitrogen and oxygen atoms in total. The number of carbonyl (C=O) groups excluding carboxylic acids is 1. The number of aromatic amines is 1. The maximum Gasteiger partial charge on any atom is 0.258 e. The summed E-state index contributed by atoms with van der Waals surface area (Å²) >= 11 is 0. The van der Waals surface area contributed by atoms with Crippen LogP contribution in [0.15, 0.2) is 47.3 Å². The van der Waals surface area contributed by atoms with Crippen molar-refractivity contribution < 1.29 is 13.9 Å². The minimum absolute atomic E-state index is 0.156. The third-order valence-electron chi connectivity index (χ3n) is 4.30. The Morgan fingerprint density at radius 2 is 2.07 bits per heavy atom. The van der Waals surface area contributed by atoms with Gasteiger partial charge < -0.3 is 15.0 Å². The van der Waals surface area contributed by atoms with E-state index in [-0.39, 0.29) is 29.7 Å². The summed E-state index contributed by atoms with van der Waals surface area (Å²) in [6, 6.07) is 11.2. The van der Waals surface area contributed by atoms with Gasteiger partial charge in [-0.3, -0.25) is 9.59 Å². The predicted octanol–water partition coefficient (Wildman–Crippen LogP) is 2.88. The van der Waals surface area contributed by atoms with Crippen molar-refractivity contribution in [1.29, 1.82) is 0 Å². The van der Waals surface area contributed by atoms with Gasteiger partial charge in [0.1, 0.15) is 5.82 Å². The fourth-order valence-corrected chi connectivity index (χ4v) is 2.83. The molecule has 1 atom stereocenters. The quantitative estimate of drug-likeness (QED) is 0.700. The van der Waals surface area contributed by atoms with E-state index in [1.54, 1.807) is 37.3 Å². The van der Waals surface area contributed by atoms with Gasteiger partial charge in [0.2, 0.25) is 5.91 Å². The molecule has 1 amide bonds. The number of hydrogen-bond acceptors (Lipinski definition) is 4. The van der Waals surface area contributed by atoms with Crippen molar-refractivity contribution in [3.05, 3.63) is 70.0 Å². The first-order valence-corrected chi connectivity index (χ1v) is 8.58. The van der Waals surface area contributed by atoms with E-state index in [1.807, 2.05) is 0 Å². The monoisotopic (exact) mass is 369 g/mol. The second-order valence-corrected chi connectivity index (χ2v) is 6.21. The van der Waals surface area contributed by atoms with Gasteiger partial charge in [-0.15, -0.1) is 0 Å². The summed E-state index contributed by atoms with van der Waals surface area (Å²) < 4.78 is 18.7. The molecule has 7 heteroatoms. The van der Waals surface area contributed by atoms with Gasteiger partial charge in [-0.2, -0.15) is 0 Å². The number of amides is 1. The molecule has 3 rings (SSSR count). The number of H-pyrrole nitrogens is 1. The van der Waals surface area contributed by atoms with E-state index in [4.69, 9.17) is 4.74 Å². The second-order valence-electron chi connectivity index (χ2n) is 6.21. The van der Waals surface area contributed by atoms with E-state index in [9.17, 15) is 14.0 Å². The summed E-state index contributed by atoms with van der Waals surface area (Å²) in [5, 5.41) is 3.33. The lowest BCUT2D eigenvalue weighted by Crippen LogP contribution is -2.27. The number of aryl methyl sites for hydroxylation is 1. The largest absolute Gasteiger partial charge is 0.494 e. The van der Waals surface area contributed by atoms with Gasteiger partial charge in [0, 0.05) is 12.8 Å².